The minimum Gasteiger partial charge on any atom is -0.490 e. The van der Waals surface area contributed by atoms with Gasteiger partial charge < -0.3 is 14.4 Å². The molecule has 0 saturated carbocycles. The molecule has 1 fully saturated rings. The van der Waals surface area contributed by atoms with Gasteiger partial charge in [-0.1, -0.05) is 26.0 Å². The van der Waals surface area contributed by atoms with Crippen molar-refractivity contribution in [2.24, 2.45) is 5.92 Å². The molecule has 3 rings (SSSR count). The second kappa shape index (κ2) is 10.1. The van der Waals surface area contributed by atoms with Gasteiger partial charge in [-0.15, -0.1) is 0 Å². The molecule has 0 radical (unpaired) electrons. The van der Waals surface area contributed by atoms with Gasteiger partial charge >= 0.3 is 5.97 Å². The van der Waals surface area contributed by atoms with Crippen LogP contribution in [0.2, 0.25) is 0 Å². The van der Waals surface area contributed by atoms with Crippen LogP contribution in [0.3, 0.4) is 0 Å². The fourth-order valence-corrected chi connectivity index (χ4v) is 5.08. The Labute approximate surface area is 188 Å². The first kappa shape index (κ1) is 23.7. The van der Waals surface area contributed by atoms with Crippen molar-refractivity contribution in [3.05, 3.63) is 48.5 Å². The molecule has 1 unspecified atom stereocenters. The van der Waals surface area contributed by atoms with Crippen LogP contribution in [-0.2, 0) is 19.6 Å². The van der Waals surface area contributed by atoms with E-state index in [2.05, 4.69) is 0 Å². The molecule has 0 aromatic heterocycles. The average Bonchev–Trinajstić information content (AvgIpc) is 3.18. The maximum atomic E-state index is 12.7. The van der Waals surface area contributed by atoms with Gasteiger partial charge in [-0.3, -0.25) is 9.59 Å². The minimum atomic E-state index is -3.58. The van der Waals surface area contributed by atoms with Crippen molar-refractivity contribution in [2.75, 3.05) is 31.1 Å². The molecule has 0 N–H and O–H groups in total. The van der Waals surface area contributed by atoms with E-state index in [1.54, 1.807) is 50.2 Å². The van der Waals surface area contributed by atoms with Crippen LogP contribution in [0.5, 0.6) is 11.5 Å². The van der Waals surface area contributed by atoms with Crippen LogP contribution in [-0.4, -0.2) is 50.8 Å². The summed E-state index contributed by atoms with van der Waals surface area (Å²) in [5.41, 5.74) is 0.540. The number of rotatable bonds is 9. The van der Waals surface area contributed by atoms with Gasteiger partial charge in [0, 0.05) is 31.7 Å². The molecule has 2 aromatic carbocycles. The molecule has 1 amide bonds. The fraction of sp³-hybridized carbons (Fsp3) is 0.391. The third-order valence-electron chi connectivity index (χ3n) is 5.31. The van der Waals surface area contributed by atoms with Gasteiger partial charge in [0.15, 0.2) is 11.5 Å². The Hall–Kier alpha value is -2.91. The summed E-state index contributed by atoms with van der Waals surface area (Å²) in [7, 11) is -3.58. The van der Waals surface area contributed by atoms with Crippen molar-refractivity contribution in [1.29, 1.82) is 0 Å². The maximum Gasteiger partial charge on any atom is 0.316 e. The number of para-hydroxylation sites is 2. The largest absolute Gasteiger partial charge is 0.490 e. The van der Waals surface area contributed by atoms with Crippen LogP contribution in [0.4, 0.5) is 5.69 Å². The van der Waals surface area contributed by atoms with Crippen molar-refractivity contribution in [1.82, 2.24) is 4.31 Å². The number of sulfonamides is 1. The van der Waals surface area contributed by atoms with E-state index < -0.39 is 21.9 Å². The molecule has 1 heterocycles. The Morgan fingerprint density at radius 1 is 1.03 bits per heavy atom. The third kappa shape index (κ3) is 4.94. The number of benzene rings is 2. The molecule has 1 aliphatic heterocycles. The van der Waals surface area contributed by atoms with Gasteiger partial charge in [0.1, 0.15) is 0 Å². The van der Waals surface area contributed by atoms with E-state index in [9.17, 15) is 18.0 Å². The second-order valence-electron chi connectivity index (χ2n) is 7.29. The highest BCUT2D eigenvalue weighted by molar-refractivity contribution is 7.89. The summed E-state index contributed by atoms with van der Waals surface area (Å²) in [5.74, 6) is -0.569. The third-order valence-corrected chi connectivity index (χ3v) is 7.37. The zero-order valence-electron chi connectivity index (χ0n) is 18.5. The molecule has 32 heavy (non-hydrogen) atoms. The molecule has 2 aromatic rings. The quantitative estimate of drug-likeness (QED) is 0.422. The van der Waals surface area contributed by atoms with Crippen LogP contribution in [0, 0.1) is 5.92 Å². The van der Waals surface area contributed by atoms with E-state index >= 15 is 0 Å². The number of hydrogen-bond donors (Lipinski definition) is 0. The van der Waals surface area contributed by atoms with E-state index in [0.29, 0.717) is 36.9 Å². The van der Waals surface area contributed by atoms with Crippen LogP contribution < -0.4 is 14.4 Å². The van der Waals surface area contributed by atoms with Crippen molar-refractivity contribution in [3.63, 3.8) is 0 Å². The number of anilines is 1. The van der Waals surface area contributed by atoms with Gasteiger partial charge in [0.05, 0.1) is 17.4 Å². The number of carbonyl (C=O) groups is 2. The number of nitrogens with zero attached hydrogens (tertiary/aromatic N) is 2. The summed E-state index contributed by atoms with van der Waals surface area (Å²) < 4.78 is 37.7. The van der Waals surface area contributed by atoms with Crippen molar-refractivity contribution >= 4 is 27.6 Å². The predicted molar refractivity (Wildman–Crippen MR) is 120 cm³/mol. The highest BCUT2D eigenvalue weighted by atomic mass is 32.2. The van der Waals surface area contributed by atoms with Crippen molar-refractivity contribution in [3.8, 4) is 11.5 Å². The standard InChI is InChI=1S/C23H28N2O6S/c1-4-24(5-2)32(28,29)19-13-11-18(12-14-19)25-16-17(15-22(25)26)23(27)31-21-10-8-7-9-20(21)30-6-3/h7-14,17H,4-6,15-16H2,1-3H3. The lowest BCUT2D eigenvalue weighted by molar-refractivity contribution is -0.139. The number of esters is 1. The first-order valence-electron chi connectivity index (χ1n) is 10.7. The molecule has 8 nitrogen and oxygen atoms in total. The van der Waals surface area contributed by atoms with Crippen LogP contribution in [0.1, 0.15) is 27.2 Å². The smallest absolute Gasteiger partial charge is 0.316 e. The maximum absolute atomic E-state index is 12.7. The van der Waals surface area contributed by atoms with Crippen molar-refractivity contribution < 1.29 is 27.5 Å². The average molecular weight is 461 g/mol. The van der Waals surface area contributed by atoms with Gasteiger partial charge in [0.2, 0.25) is 15.9 Å². The molecule has 1 atom stereocenters. The predicted octanol–water partition coefficient (Wildman–Crippen LogP) is 3.07. The number of carbonyl (C=O) groups excluding carboxylic acids is 2. The molecule has 0 bridgehead atoms. The Kier molecular flexibility index (Phi) is 7.52. The van der Waals surface area contributed by atoms with E-state index in [4.69, 9.17) is 9.47 Å². The molecule has 1 saturated heterocycles. The topological polar surface area (TPSA) is 93.2 Å². The lowest BCUT2D eigenvalue weighted by atomic mass is 10.1. The number of amides is 1. The Morgan fingerprint density at radius 3 is 2.25 bits per heavy atom. The SMILES string of the molecule is CCOc1ccccc1OC(=O)C1CC(=O)N(c2ccc(S(=O)(=O)N(CC)CC)cc2)C1. The molecular formula is C23H28N2O6S. The first-order chi connectivity index (χ1) is 15.3. The minimum absolute atomic E-state index is 0.0229. The highest BCUT2D eigenvalue weighted by Gasteiger charge is 2.37. The van der Waals surface area contributed by atoms with Gasteiger partial charge in [-0.2, -0.15) is 4.31 Å². The number of ether oxygens (including phenoxy) is 2. The van der Waals surface area contributed by atoms with Gasteiger partial charge in [-0.25, -0.2) is 8.42 Å². The summed E-state index contributed by atoms with van der Waals surface area (Å²) in [6.45, 7) is 6.75. The van der Waals surface area contributed by atoms with E-state index in [1.165, 1.54) is 21.3 Å². The van der Waals surface area contributed by atoms with Gasteiger partial charge in [-0.05, 0) is 43.3 Å². The van der Waals surface area contributed by atoms with E-state index in [0.717, 1.165) is 0 Å². The Bertz CT molecular complexity index is 1060. The van der Waals surface area contributed by atoms with E-state index in [-0.39, 0.29) is 23.8 Å². The molecule has 0 spiro atoms. The zero-order valence-corrected chi connectivity index (χ0v) is 19.3. The molecule has 9 heteroatoms. The molecule has 0 aliphatic carbocycles. The zero-order chi connectivity index (χ0) is 23.3. The van der Waals surface area contributed by atoms with Crippen LogP contribution >= 0.6 is 0 Å². The molecule has 1 aliphatic rings. The second-order valence-corrected chi connectivity index (χ2v) is 9.23. The van der Waals surface area contributed by atoms with Gasteiger partial charge in [0.25, 0.3) is 0 Å². The molecular weight excluding hydrogens is 432 g/mol. The summed E-state index contributed by atoms with van der Waals surface area (Å²) in [6.07, 6.45) is 0.0229. The van der Waals surface area contributed by atoms with E-state index in [1.807, 2.05) is 6.92 Å². The lowest BCUT2D eigenvalue weighted by Gasteiger charge is -2.20. The summed E-state index contributed by atoms with van der Waals surface area (Å²) in [6, 6.07) is 13.0. The van der Waals surface area contributed by atoms with Crippen molar-refractivity contribution in [2.45, 2.75) is 32.1 Å². The molecule has 172 valence electrons. The normalized spacial score (nSPS) is 16.4. The lowest BCUT2D eigenvalue weighted by Crippen LogP contribution is -2.30. The Morgan fingerprint density at radius 2 is 1.66 bits per heavy atom. The fourth-order valence-electron chi connectivity index (χ4n) is 3.63. The summed E-state index contributed by atoms with van der Waals surface area (Å²) in [4.78, 5) is 26.9. The van der Waals surface area contributed by atoms with Crippen LogP contribution in [0.15, 0.2) is 53.4 Å². The summed E-state index contributed by atoms with van der Waals surface area (Å²) in [5, 5.41) is 0. The monoisotopic (exact) mass is 460 g/mol. The highest BCUT2D eigenvalue weighted by Crippen LogP contribution is 2.31. The Balaban J connectivity index is 1.71. The first-order valence-corrected chi connectivity index (χ1v) is 12.1. The summed E-state index contributed by atoms with van der Waals surface area (Å²) >= 11 is 0. The van der Waals surface area contributed by atoms with Crippen LogP contribution in [0.25, 0.3) is 0 Å². The number of hydrogen-bond acceptors (Lipinski definition) is 6.